The zero-order chi connectivity index (χ0) is 14.9. The Labute approximate surface area is 125 Å². The van der Waals surface area contributed by atoms with Gasteiger partial charge < -0.3 is 14.5 Å². The Morgan fingerprint density at radius 3 is 2.52 bits per heavy atom. The Kier molecular flexibility index (Phi) is 4.02. The molecule has 3 heterocycles. The van der Waals surface area contributed by atoms with E-state index in [1.807, 2.05) is 0 Å². The van der Waals surface area contributed by atoms with E-state index in [1.54, 1.807) is 4.90 Å². The molecule has 3 rings (SSSR count). The van der Waals surface area contributed by atoms with Gasteiger partial charge in [0.1, 0.15) is 0 Å². The average Bonchev–Trinajstić information content (AvgIpc) is 2.46. The second-order valence-corrected chi connectivity index (χ2v) is 6.43. The number of hydrogen-bond donors (Lipinski definition) is 0. The summed E-state index contributed by atoms with van der Waals surface area (Å²) < 4.78 is 5.49. The van der Waals surface area contributed by atoms with Crippen molar-refractivity contribution in [2.75, 3.05) is 32.8 Å². The van der Waals surface area contributed by atoms with Crippen LogP contribution in [0.4, 0.5) is 0 Å². The fraction of sp³-hybridized carbons (Fsp3) is 0.750. The first-order chi connectivity index (χ1) is 10.2. The number of hydrogen-bond acceptors (Lipinski definition) is 3. The molecule has 0 N–H and O–H groups in total. The number of ether oxygens (including phenoxy) is 1. The Morgan fingerprint density at radius 2 is 1.86 bits per heavy atom. The molecule has 21 heavy (non-hydrogen) atoms. The van der Waals surface area contributed by atoms with E-state index in [1.165, 1.54) is 12.5 Å². The second kappa shape index (κ2) is 5.79. The van der Waals surface area contributed by atoms with E-state index in [4.69, 9.17) is 4.74 Å². The Balaban J connectivity index is 1.65. The molecule has 0 unspecified atom stereocenters. The van der Waals surface area contributed by atoms with E-state index in [-0.39, 0.29) is 23.3 Å². The maximum Gasteiger partial charge on any atom is 0.246 e. The number of likely N-dealkylation sites (tertiary alicyclic amines) is 2. The summed E-state index contributed by atoms with van der Waals surface area (Å²) in [5.74, 6) is 0.148. The molecule has 5 heteroatoms. The first kappa shape index (κ1) is 14.6. The van der Waals surface area contributed by atoms with Gasteiger partial charge in [-0.3, -0.25) is 9.59 Å². The maximum absolute atomic E-state index is 12.8. The predicted octanol–water partition coefficient (Wildman–Crippen LogP) is 1.19. The van der Waals surface area contributed by atoms with Crippen molar-refractivity contribution in [1.29, 1.82) is 0 Å². The van der Waals surface area contributed by atoms with E-state index in [0.29, 0.717) is 13.1 Å². The minimum absolute atomic E-state index is 0.0216. The number of carbonyl (C=O) groups is 2. The fourth-order valence-corrected chi connectivity index (χ4v) is 3.88. The molecule has 0 aliphatic carbocycles. The highest BCUT2D eigenvalue weighted by Crippen LogP contribution is 2.38. The van der Waals surface area contributed by atoms with Gasteiger partial charge in [0.25, 0.3) is 0 Å². The smallest absolute Gasteiger partial charge is 0.246 e. The van der Waals surface area contributed by atoms with Gasteiger partial charge in [-0.05, 0) is 38.2 Å². The lowest BCUT2D eigenvalue weighted by molar-refractivity contribution is -0.157. The van der Waals surface area contributed by atoms with Crippen LogP contribution in [0.15, 0.2) is 12.7 Å². The van der Waals surface area contributed by atoms with Crippen LogP contribution in [0.3, 0.4) is 0 Å². The number of rotatable bonds is 2. The summed E-state index contributed by atoms with van der Waals surface area (Å²) in [6.45, 7) is 6.97. The molecule has 3 aliphatic rings. The molecule has 0 bridgehead atoms. The molecule has 1 spiro atoms. The lowest BCUT2D eigenvalue weighted by atomic mass is 9.79. The topological polar surface area (TPSA) is 49.9 Å². The lowest BCUT2D eigenvalue weighted by Crippen LogP contribution is -2.63. The maximum atomic E-state index is 12.8. The van der Waals surface area contributed by atoms with Crippen molar-refractivity contribution in [3.05, 3.63) is 12.7 Å². The summed E-state index contributed by atoms with van der Waals surface area (Å²) in [4.78, 5) is 28.1. The predicted molar refractivity (Wildman–Crippen MR) is 78.6 cm³/mol. The summed E-state index contributed by atoms with van der Waals surface area (Å²) in [7, 11) is 0. The molecule has 0 aromatic rings. The first-order valence-corrected chi connectivity index (χ1v) is 7.97. The molecule has 3 fully saturated rings. The van der Waals surface area contributed by atoms with Crippen molar-refractivity contribution in [2.45, 2.75) is 37.6 Å². The van der Waals surface area contributed by atoms with Gasteiger partial charge in [0.2, 0.25) is 11.8 Å². The highest BCUT2D eigenvalue weighted by Gasteiger charge is 2.46. The standard InChI is InChI=1S/C16H24N2O3/c1-2-14(19)17-11-13(12-17)15(20)18-8-4-3-5-16(18)6-9-21-10-7-16/h2,13H,1,3-12H2. The third-order valence-corrected chi connectivity index (χ3v) is 5.25. The van der Waals surface area contributed by atoms with Crippen molar-refractivity contribution in [2.24, 2.45) is 5.92 Å². The number of carbonyl (C=O) groups excluding carboxylic acids is 2. The quantitative estimate of drug-likeness (QED) is 0.718. The highest BCUT2D eigenvalue weighted by atomic mass is 16.5. The van der Waals surface area contributed by atoms with Gasteiger partial charge >= 0.3 is 0 Å². The third-order valence-electron chi connectivity index (χ3n) is 5.25. The van der Waals surface area contributed by atoms with Crippen molar-refractivity contribution < 1.29 is 14.3 Å². The van der Waals surface area contributed by atoms with Gasteiger partial charge in [0.15, 0.2) is 0 Å². The zero-order valence-electron chi connectivity index (χ0n) is 12.6. The monoisotopic (exact) mass is 292 g/mol. The van der Waals surface area contributed by atoms with E-state index < -0.39 is 0 Å². The highest BCUT2D eigenvalue weighted by molar-refractivity contribution is 5.90. The summed E-state index contributed by atoms with van der Waals surface area (Å²) in [5.41, 5.74) is 0.0243. The Bertz CT molecular complexity index is 429. The summed E-state index contributed by atoms with van der Waals surface area (Å²) >= 11 is 0. The lowest BCUT2D eigenvalue weighted by Gasteiger charge is -2.52. The summed E-state index contributed by atoms with van der Waals surface area (Å²) in [6, 6.07) is 0. The van der Waals surface area contributed by atoms with E-state index >= 15 is 0 Å². The molecule has 0 radical (unpaired) electrons. The SMILES string of the molecule is C=CC(=O)N1CC(C(=O)N2CCCCC23CCOCC3)C1. The Hall–Kier alpha value is -1.36. The molecule has 116 valence electrons. The minimum Gasteiger partial charge on any atom is -0.381 e. The minimum atomic E-state index is -0.0709. The normalized spacial score (nSPS) is 25.5. The van der Waals surface area contributed by atoms with Gasteiger partial charge in [-0.2, -0.15) is 0 Å². The van der Waals surface area contributed by atoms with Gasteiger partial charge in [0.05, 0.1) is 5.92 Å². The molecular formula is C16H24N2O3. The largest absolute Gasteiger partial charge is 0.381 e. The van der Waals surface area contributed by atoms with Crippen LogP contribution < -0.4 is 0 Å². The van der Waals surface area contributed by atoms with Crippen LogP contribution >= 0.6 is 0 Å². The zero-order valence-corrected chi connectivity index (χ0v) is 12.6. The number of nitrogens with zero attached hydrogens (tertiary/aromatic N) is 2. The molecular weight excluding hydrogens is 268 g/mol. The molecule has 3 aliphatic heterocycles. The van der Waals surface area contributed by atoms with Crippen LogP contribution in [0.1, 0.15) is 32.1 Å². The molecule has 0 aromatic carbocycles. The van der Waals surface area contributed by atoms with Gasteiger partial charge in [-0.15, -0.1) is 0 Å². The molecule has 3 saturated heterocycles. The van der Waals surface area contributed by atoms with E-state index in [2.05, 4.69) is 11.5 Å². The van der Waals surface area contributed by atoms with Crippen molar-refractivity contribution in [3.63, 3.8) is 0 Å². The van der Waals surface area contributed by atoms with Gasteiger partial charge in [-0.25, -0.2) is 0 Å². The number of piperidine rings is 1. The molecule has 0 aromatic heterocycles. The Morgan fingerprint density at radius 1 is 1.14 bits per heavy atom. The molecule has 5 nitrogen and oxygen atoms in total. The molecule has 0 atom stereocenters. The van der Waals surface area contributed by atoms with Crippen LogP contribution in [0.5, 0.6) is 0 Å². The van der Waals surface area contributed by atoms with Crippen LogP contribution in [0.2, 0.25) is 0 Å². The van der Waals surface area contributed by atoms with E-state index in [9.17, 15) is 9.59 Å². The van der Waals surface area contributed by atoms with Gasteiger partial charge in [-0.1, -0.05) is 6.58 Å². The van der Waals surface area contributed by atoms with Crippen LogP contribution in [-0.4, -0.2) is 60.0 Å². The van der Waals surface area contributed by atoms with Crippen LogP contribution in [0.25, 0.3) is 0 Å². The molecule has 0 saturated carbocycles. The first-order valence-electron chi connectivity index (χ1n) is 7.97. The van der Waals surface area contributed by atoms with Gasteiger partial charge in [0, 0.05) is 38.4 Å². The second-order valence-electron chi connectivity index (χ2n) is 6.43. The van der Waals surface area contributed by atoms with Crippen molar-refractivity contribution >= 4 is 11.8 Å². The third kappa shape index (κ3) is 2.59. The van der Waals surface area contributed by atoms with Crippen molar-refractivity contribution in [3.8, 4) is 0 Å². The fourth-order valence-electron chi connectivity index (χ4n) is 3.88. The van der Waals surface area contributed by atoms with Crippen LogP contribution in [0, 0.1) is 5.92 Å². The number of amides is 2. The summed E-state index contributed by atoms with van der Waals surface area (Å²) in [6.07, 6.45) is 6.64. The summed E-state index contributed by atoms with van der Waals surface area (Å²) in [5, 5.41) is 0. The van der Waals surface area contributed by atoms with E-state index in [0.717, 1.165) is 45.4 Å². The van der Waals surface area contributed by atoms with Crippen molar-refractivity contribution in [1.82, 2.24) is 9.80 Å². The molecule has 2 amide bonds. The van der Waals surface area contributed by atoms with Crippen LogP contribution in [-0.2, 0) is 14.3 Å². The average molecular weight is 292 g/mol.